The van der Waals surface area contributed by atoms with E-state index in [1.807, 2.05) is 0 Å². The number of ketones is 1. The maximum atomic E-state index is 11.1. The second kappa shape index (κ2) is 6.13. The molecule has 1 N–H and O–H groups in total. The molecule has 0 atom stereocenters. The van der Waals surface area contributed by atoms with Crippen LogP contribution in [0, 0.1) is 0 Å². The van der Waals surface area contributed by atoms with Gasteiger partial charge >= 0.3 is 43.7 Å². The van der Waals surface area contributed by atoms with Crippen molar-refractivity contribution in [3.8, 4) is 0 Å². The van der Waals surface area contributed by atoms with E-state index in [1.165, 1.54) is 0 Å². The molecule has 4 heteroatoms. The van der Waals surface area contributed by atoms with E-state index in [0.29, 0.717) is 5.56 Å². The second-order valence-corrected chi connectivity index (χ2v) is 2.36. The first-order valence-electron chi connectivity index (χ1n) is 3.50. The van der Waals surface area contributed by atoms with Gasteiger partial charge in [-0.2, -0.15) is 0 Å². The molecule has 3 nitrogen and oxygen atoms in total. The van der Waals surface area contributed by atoms with Crippen molar-refractivity contribution < 1.29 is 17.5 Å². The predicted octanol–water partition coefficient (Wildman–Crippen LogP) is 1.19. The van der Waals surface area contributed by atoms with E-state index in [-0.39, 0.29) is 46.4 Å². The third-order valence-corrected chi connectivity index (χ3v) is 1.41. The normalized spacial score (nSPS) is 8.62. The van der Waals surface area contributed by atoms with Crippen LogP contribution in [0.5, 0.6) is 0 Å². The maximum absolute atomic E-state index is 11.1. The molecule has 0 aliphatic carbocycles. The third kappa shape index (κ3) is 4.41. The molecule has 0 fully saturated rings. The van der Waals surface area contributed by atoms with E-state index in [9.17, 15) is 9.59 Å². The molecule has 0 saturated heterocycles. The van der Waals surface area contributed by atoms with Gasteiger partial charge in [-0.3, -0.25) is 9.59 Å². The Bertz CT molecular complexity index is 303. The summed E-state index contributed by atoms with van der Waals surface area (Å²) in [5.41, 5.74) is 0.444. The van der Waals surface area contributed by atoms with Crippen molar-refractivity contribution in [2.45, 2.75) is 6.42 Å². The van der Waals surface area contributed by atoms with E-state index in [4.69, 9.17) is 5.11 Å². The van der Waals surface area contributed by atoms with Gasteiger partial charge in [-0.15, -0.1) is 0 Å². The van der Waals surface area contributed by atoms with Crippen LogP contribution in [0.4, 0.5) is 0 Å². The minimum absolute atomic E-state index is 0. The minimum Gasteiger partial charge on any atom is -1.00 e. The molecule has 1 rings (SSSR count). The summed E-state index contributed by atoms with van der Waals surface area (Å²) in [4.78, 5) is 21.2. The van der Waals surface area contributed by atoms with Gasteiger partial charge < -0.3 is 7.96 Å². The fourth-order valence-corrected chi connectivity index (χ4v) is 0.863. The van der Waals surface area contributed by atoms with Crippen molar-refractivity contribution in [2.24, 2.45) is 0 Å². The third-order valence-electron chi connectivity index (χ3n) is 1.41. The van der Waals surface area contributed by atoms with Crippen molar-refractivity contribution in [1.82, 2.24) is 0 Å². The molecule has 13 heavy (non-hydrogen) atoms. The smallest absolute Gasteiger partial charge is 1.00 e. The van der Waals surface area contributed by atoms with Crippen molar-refractivity contribution in [1.29, 1.82) is 0 Å². The van der Waals surface area contributed by atoms with Crippen molar-refractivity contribution in [3.63, 3.8) is 0 Å². The van der Waals surface area contributed by atoms with Gasteiger partial charge in [-0.1, -0.05) is 30.3 Å². The second-order valence-electron chi connectivity index (χ2n) is 2.36. The monoisotopic (exact) mass is 206 g/mol. The van der Waals surface area contributed by atoms with Gasteiger partial charge in [0, 0.05) is 5.56 Å². The summed E-state index contributed by atoms with van der Waals surface area (Å²) in [6.07, 6.45) is -0.440. The zero-order chi connectivity index (χ0) is 8.97. The van der Waals surface area contributed by atoms with Crippen molar-refractivity contribution in [3.05, 3.63) is 35.9 Å². The number of hydrogen-bond acceptors (Lipinski definition) is 2. The maximum Gasteiger partial charge on any atom is 2.00 e. The summed E-state index contributed by atoms with van der Waals surface area (Å²) < 4.78 is 0. The van der Waals surface area contributed by atoms with Crippen molar-refractivity contribution >= 4 is 49.5 Å². The number of carboxylic acid groups (broad SMARTS) is 1. The Morgan fingerprint density at radius 3 is 2.23 bits per heavy atom. The number of carboxylic acids is 1. The summed E-state index contributed by atoms with van der Waals surface area (Å²) in [6, 6.07) is 8.39. The molecular formula is C9H10CaO3. The number of benzene rings is 1. The average Bonchev–Trinajstić information content (AvgIpc) is 2.05. The number of carbonyl (C=O) groups is 2. The number of carbonyl (C=O) groups excluding carboxylic acids is 1. The fraction of sp³-hybridized carbons (Fsp3) is 0.111. The minimum atomic E-state index is -1.09. The predicted molar refractivity (Wildman–Crippen MR) is 51.0 cm³/mol. The van der Waals surface area contributed by atoms with E-state index in [0.717, 1.165) is 0 Å². The van der Waals surface area contributed by atoms with Gasteiger partial charge in [-0.25, -0.2) is 0 Å². The van der Waals surface area contributed by atoms with Crippen LogP contribution in [0.15, 0.2) is 30.3 Å². The van der Waals surface area contributed by atoms with Crippen molar-refractivity contribution in [2.75, 3.05) is 0 Å². The van der Waals surface area contributed by atoms with E-state index in [2.05, 4.69) is 0 Å². The van der Waals surface area contributed by atoms with Crippen LogP contribution in [0.25, 0.3) is 0 Å². The van der Waals surface area contributed by atoms with Crippen LogP contribution >= 0.6 is 0 Å². The van der Waals surface area contributed by atoms with Gasteiger partial charge in [0.15, 0.2) is 5.78 Å². The molecule has 0 heterocycles. The summed E-state index contributed by atoms with van der Waals surface area (Å²) in [7, 11) is 0. The average molecular weight is 206 g/mol. The van der Waals surface area contributed by atoms with E-state index < -0.39 is 12.4 Å². The standard InChI is InChI=1S/C9H8O3.Ca.2H/c10-8(6-9(11)12)7-4-2-1-3-5-7;;;/h1-5H,6H2,(H,11,12);;;/q;+2;2*-1. The van der Waals surface area contributed by atoms with Crippen LogP contribution < -0.4 is 0 Å². The number of hydrogen-bond donors (Lipinski definition) is 1. The zero-order valence-corrected chi connectivity index (χ0v) is 9.27. The van der Waals surface area contributed by atoms with Crippen LogP contribution in [-0.2, 0) is 4.79 Å². The summed E-state index contributed by atoms with van der Waals surface area (Å²) >= 11 is 0. The first kappa shape index (κ1) is 12.6. The molecule has 0 saturated carbocycles. The first-order valence-corrected chi connectivity index (χ1v) is 3.50. The largest absolute Gasteiger partial charge is 2.00 e. The number of Topliss-reactive ketones (excluding diaryl/α,β-unsaturated/α-hetero) is 1. The molecule has 1 aromatic rings. The molecule has 0 radical (unpaired) electrons. The van der Waals surface area contributed by atoms with Crippen LogP contribution in [0.3, 0.4) is 0 Å². The van der Waals surface area contributed by atoms with Gasteiger partial charge in [0.25, 0.3) is 0 Å². The molecule has 1 aromatic carbocycles. The molecule has 0 amide bonds. The molecule has 0 aromatic heterocycles. The fourth-order valence-electron chi connectivity index (χ4n) is 0.863. The molecular weight excluding hydrogens is 196 g/mol. The molecule has 0 aliphatic heterocycles. The van der Waals surface area contributed by atoms with Gasteiger partial charge in [0.1, 0.15) is 6.42 Å². The molecule has 0 unspecified atom stereocenters. The Morgan fingerprint density at radius 2 is 1.77 bits per heavy atom. The van der Waals surface area contributed by atoms with Crippen LogP contribution in [0.2, 0.25) is 0 Å². The Labute approximate surface area is 109 Å². The summed E-state index contributed by atoms with van der Waals surface area (Å²) in [5.74, 6) is -1.45. The van der Waals surface area contributed by atoms with Crippen LogP contribution in [-0.4, -0.2) is 54.6 Å². The Kier molecular flexibility index (Phi) is 5.95. The molecule has 66 valence electrons. The van der Waals surface area contributed by atoms with E-state index in [1.54, 1.807) is 30.3 Å². The first-order chi connectivity index (χ1) is 5.70. The Balaban J connectivity index is -0.000000480. The zero-order valence-electron chi connectivity index (χ0n) is 9.06. The quantitative estimate of drug-likeness (QED) is 0.459. The van der Waals surface area contributed by atoms with E-state index >= 15 is 0 Å². The number of aliphatic carboxylic acids is 1. The molecule has 0 bridgehead atoms. The number of rotatable bonds is 3. The topological polar surface area (TPSA) is 54.4 Å². The molecule has 0 aliphatic rings. The van der Waals surface area contributed by atoms with Gasteiger partial charge in [0.05, 0.1) is 0 Å². The summed E-state index contributed by atoms with van der Waals surface area (Å²) in [5, 5.41) is 8.32. The summed E-state index contributed by atoms with van der Waals surface area (Å²) in [6.45, 7) is 0. The Morgan fingerprint density at radius 1 is 1.23 bits per heavy atom. The van der Waals surface area contributed by atoms with Gasteiger partial charge in [-0.05, 0) is 0 Å². The van der Waals surface area contributed by atoms with Crippen LogP contribution in [0.1, 0.15) is 19.6 Å². The Hall–Kier alpha value is -0.380. The van der Waals surface area contributed by atoms with Gasteiger partial charge in [0.2, 0.25) is 0 Å². The SMILES string of the molecule is O=C(O)CC(=O)c1ccccc1.[Ca+2].[H-].[H-]. The molecule has 0 spiro atoms.